The van der Waals surface area contributed by atoms with Crippen LogP contribution in [0.15, 0.2) is 76.5 Å². The van der Waals surface area contributed by atoms with Gasteiger partial charge in [0, 0.05) is 0 Å². The number of rotatable bonds is 8. The molecule has 0 aliphatic heterocycles. The fraction of sp³-hybridized carbons (Fsp3) is 0.143. The van der Waals surface area contributed by atoms with Gasteiger partial charge in [0.2, 0.25) is 0 Å². The predicted molar refractivity (Wildman–Crippen MR) is 130 cm³/mol. The van der Waals surface area contributed by atoms with Gasteiger partial charge in [0.25, 0.3) is 0 Å². The number of sulfonamides is 1. The average molecular weight is 557 g/mol. The van der Waals surface area contributed by atoms with Crippen LogP contribution in [0.25, 0.3) is 0 Å². The van der Waals surface area contributed by atoms with Gasteiger partial charge in [0.05, 0.1) is 0 Å². The van der Waals surface area contributed by atoms with Crippen molar-refractivity contribution in [1.82, 2.24) is 0 Å². The van der Waals surface area contributed by atoms with Gasteiger partial charge in [0.15, 0.2) is 0 Å². The SMILES string of the molecule is Cc1ccc(S(=O)(=O)Nc2ccc(SCc3ccccc3Cl)cc2[As]S(C)(=O)=O)cc1. The van der Waals surface area contributed by atoms with Crippen LogP contribution in [0.1, 0.15) is 11.1 Å². The molecule has 1 radical (unpaired) electrons. The molecule has 10 heteroatoms. The molecule has 0 heterocycles. The molecule has 0 spiro atoms. The molecule has 0 saturated carbocycles. The summed E-state index contributed by atoms with van der Waals surface area (Å²) >= 11 is 6.44. The van der Waals surface area contributed by atoms with Gasteiger partial charge in [-0.25, -0.2) is 0 Å². The number of benzene rings is 3. The van der Waals surface area contributed by atoms with E-state index in [1.54, 1.807) is 30.3 Å². The van der Waals surface area contributed by atoms with Gasteiger partial charge in [-0.15, -0.1) is 0 Å². The topological polar surface area (TPSA) is 80.3 Å². The molecule has 0 amide bonds. The molecule has 3 aromatic rings. The van der Waals surface area contributed by atoms with Crippen LogP contribution in [-0.2, 0) is 23.9 Å². The van der Waals surface area contributed by atoms with Crippen molar-refractivity contribution < 1.29 is 16.8 Å². The molecule has 0 unspecified atom stereocenters. The Bertz CT molecular complexity index is 1290. The Hall–Kier alpha value is -1.44. The van der Waals surface area contributed by atoms with Crippen molar-refractivity contribution in [3.8, 4) is 0 Å². The molecule has 1 N–H and O–H groups in total. The van der Waals surface area contributed by atoms with Crippen LogP contribution in [0, 0.1) is 6.92 Å². The predicted octanol–water partition coefficient (Wildman–Crippen LogP) is 4.03. The summed E-state index contributed by atoms with van der Waals surface area (Å²) in [5, 5.41) is 0.667. The number of anilines is 1. The van der Waals surface area contributed by atoms with Crippen LogP contribution < -0.4 is 9.07 Å². The molecule has 0 aromatic heterocycles. The first-order chi connectivity index (χ1) is 14.5. The fourth-order valence-corrected chi connectivity index (χ4v) is 9.57. The summed E-state index contributed by atoms with van der Waals surface area (Å²) < 4.78 is 52.6. The number of hydrogen-bond donors (Lipinski definition) is 1. The monoisotopic (exact) mass is 556 g/mol. The maximum absolute atomic E-state index is 12.8. The minimum absolute atomic E-state index is 0.122. The molecule has 0 aliphatic rings. The zero-order valence-corrected chi connectivity index (χ0v) is 21.8. The van der Waals surface area contributed by atoms with Gasteiger partial charge in [0.1, 0.15) is 0 Å². The van der Waals surface area contributed by atoms with Crippen molar-refractivity contribution in [3.05, 3.63) is 82.9 Å². The molecule has 5 nitrogen and oxygen atoms in total. The van der Waals surface area contributed by atoms with Crippen molar-refractivity contribution in [2.75, 3.05) is 11.0 Å². The van der Waals surface area contributed by atoms with Gasteiger partial charge in [-0.2, -0.15) is 0 Å². The first kappa shape index (κ1) is 24.2. The van der Waals surface area contributed by atoms with E-state index in [0.717, 1.165) is 22.3 Å². The molecule has 0 fully saturated rings. The molecular weight excluding hydrogens is 537 g/mol. The molecule has 0 atom stereocenters. The fourth-order valence-electron chi connectivity index (χ4n) is 2.64. The summed E-state index contributed by atoms with van der Waals surface area (Å²) in [6, 6.07) is 19.1. The summed E-state index contributed by atoms with van der Waals surface area (Å²) in [4.78, 5) is 0.962. The summed E-state index contributed by atoms with van der Waals surface area (Å²) in [6.45, 7) is 1.87. The zero-order chi connectivity index (χ0) is 22.6. The Morgan fingerprint density at radius 1 is 0.968 bits per heavy atom. The van der Waals surface area contributed by atoms with Gasteiger partial charge in [-0.1, -0.05) is 0 Å². The first-order valence-corrected chi connectivity index (χ1v) is 17.0. The van der Waals surface area contributed by atoms with E-state index in [1.165, 1.54) is 23.9 Å². The van der Waals surface area contributed by atoms with Crippen LogP contribution in [0.4, 0.5) is 5.69 Å². The second kappa shape index (κ2) is 10.0. The van der Waals surface area contributed by atoms with Gasteiger partial charge in [-0.3, -0.25) is 0 Å². The third kappa shape index (κ3) is 7.02. The molecule has 3 aromatic carbocycles. The van der Waals surface area contributed by atoms with Crippen molar-refractivity contribution in [1.29, 1.82) is 0 Å². The molecule has 0 saturated heterocycles. The van der Waals surface area contributed by atoms with Crippen LogP contribution >= 0.6 is 23.4 Å². The Morgan fingerprint density at radius 3 is 2.29 bits per heavy atom. The Balaban J connectivity index is 1.89. The van der Waals surface area contributed by atoms with Crippen LogP contribution in [0.3, 0.4) is 0 Å². The normalized spacial score (nSPS) is 12.4. The molecular formula is C21H20AsClNO4S3. The summed E-state index contributed by atoms with van der Waals surface area (Å²) in [5.41, 5.74) is 2.20. The van der Waals surface area contributed by atoms with Gasteiger partial charge < -0.3 is 0 Å². The van der Waals surface area contributed by atoms with E-state index in [1.807, 2.05) is 31.2 Å². The first-order valence-electron chi connectivity index (χ1n) is 9.06. The average Bonchev–Trinajstić information content (AvgIpc) is 2.68. The Morgan fingerprint density at radius 2 is 1.65 bits per heavy atom. The van der Waals surface area contributed by atoms with Crippen molar-refractivity contribution >= 4 is 66.1 Å². The summed E-state index contributed by atoms with van der Waals surface area (Å²) in [7, 11) is -7.12. The maximum atomic E-state index is 12.8. The number of nitrogens with one attached hydrogen (secondary N) is 1. The van der Waals surface area contributed by atoms with Crippen LogP contribution in [-0.4, -0.2) is 37.7 Å². The molecule has 31 heavy (non-hydrogen) atoms. The standard InChI is InChI=1S/C21H20AsClNO4S3/c1-15-7-10-18(11-8-15)31(27,28)24-21-12-9-17(13-19(21)22-30(2,25)26)29-14-16-5-3-4-6-20(16)23/h3-13,24H,14H2,1-2H3. The van der Waals surface area contributed by atoms with Crippen molar-refractivity contribution in [2.24, 2.45) is 0 Å². The summed E-state index contributed by atoms with van der Waals surface area (Å²) in [6.07, 6.45) is 1.16. The third-order valence-corrected chi connectivity index (χ3v) is 11.6. The quantitative estimate of drug-likeness (QED) is 0.335. The number of aryl methyl sites for hydroxylation is 1. The molecule has 163 valence electrons. The second-order valence-corrected chi connectivity index (χ2v) is 17.9. The van der Waals surface area contributed by atoms with E-state index in [-0.39, 0.29) is 10.6 Å². The van der Waals surface area contributed by atoms with Crippen LogP contribution in [0.5, 0.6) is 0 Å². The Kier molecular flexibility index (Phi) is 7.81. The number of halogens is 1. The van der Waals surface area contributed by atoms with Gasteiger partial charge in [-0.05, 0) is 0 Å². The van der Waals surface area contributed by atoms with E-state index in [0.29, 0.717) is 15.1 Å². The van der Waals surface area contributed by atoms with E-state index in [4.69, 9.17) is 11.6 Å². The van der Waals surface area contributed by atoms with Crippen molar-refractivity contribution in [2.45, 2.75) is 22.5 Å². The van der Waals surface area contributed by atoms with Crippen LogP contribution in [0.2, 0.25) is 5.02 Å². The second-order valence-electron chi connectivity index (χ2n) is 6.80. The van der Waals surface area contributed by atoms with Gasteiger partial charge >= 0.3 is 199 Å². The summed E-state index contributed by atoms with van der Waals surface area (Å²) in [5.74, 6) is 0.614. The third-order valence-electron chi connectivity index (χ3n) is 4.16. The minimum atomic E-state index is -3.84. The Labute approximate surface area is 198 Å². The van der Waals surface area contributed by atoms with Crippen molar-refractivity contribution in [3.63, 3.8) is 0 Å². The molecule has 3 rings (SSSR count). The number of hydrogen-bond acceptors (Lipinski definition) is 5. The molecule has 0 aliphatic carbocycles. The zero-order valence-electron chi connectivity index (χ0n) is 16.7. The van der Waals surface area contributed by atoms with E-state index < -0.39 is 32.7 Å². The molecule has 0 bridgehead atoms. The number of thioether (sulfide) groups is 1. The van der Waals surface area contributed by atoms with E-state index >= 15 is 0 Å². The van der Waals surface area contributed by atoms with E-state index in [9.17, 15) is 16.8 Å². The van der Waals surface area contributed by atoms with E-state index in [2.05, 4.69) is 4.72 Å².